The van der Waals surface area contributed by atoms with Crippen molar-refractivity contribution < 1.29 is 0 Å². The summed E-state index contributed by atoms with van der Waals surface area (Å²) in [5, 5.41) is 3.80. The van der Waals surface area contributed by atoms with Gasteiger partial charge < -0.3 is 5.32 Å². The molecule has 0 bridgehead atoms. The molecule has 17 heavy (non-hydrogen) atoms. The van der Waals surface area contributed by atoms with Crippen molar-refractivity contribution in [3.63, 3.8) is 0 Å². The minimum atomic E-state index is 0.675. The van der Waals surface area contributed by atoms with Crippen LogP contribution in [0.1, 0.15) is 72.1 Å². The molecule has 2 atom stereocenters. The SMILES string of the molecule is CCCCC(CC)C(NCCC)C1=CCCC1. The maximum absolute atomic E-state index is 3.80. The zero-order chi connectivity index (χ0) is 12.5. The number of rotatable bonds is 9. The Morgan fingerprint density at radius 3 is 2.59 bits per heavy atom. The lowest BCUT2D eigenvalue weighted by atomic mass is 9.86. The van der Waals surface area contributed by atoms with Crippen LogP contribution in [-0.2, 0) is 0 Å². The van der Waals surface area contributed by atoms with Crippen molar-refractivity contribution >= 4 is 0 Å². The largest absolute Gasteiger partial charge is 0.310 e. The molecule has 0 saturated carbocycles. The Bertz CT molecular complexity index is 220. The Balaban J connectivity index is 2.57. The highest BCUT2D eigenvalue weighted by atomic mass is 14.9. The van der Waals surface area contributed by atoms with E-state index in [0.29, 0.717) is 6.04 Å². The van der Waals surface area contributed by atoms with Gasteiger partial charge in [-0.1, -0.05) is 51.7 Å². The fraction of sp³-hybridized carbons (Fsp3) is 0.875. The highest BCUT2D eigenvalue weighted by molar-refractivity contribution is 5.16. The second-order valence-corrected chi connectivity index (χ2v) is 5.41. The summed E-state index contributed by atoms with van der Waals surface area (Å²) in [4.78, 5) is 0. The van der Waals surface area contributed by atoms with Gasteiger partial charge in [0, 0.05) is 6.04 Å². The van der Waals surface area contributed by atoms with Crippen LogP contribution in [0.25, 0.3) is 0 Å². The molecule has 0 amide bonds. The van der Waals surface area contributed by atoms with E-state index in [0.717, 1.165) is 5.92 Å². The lowest BCUT2D eigenvalue weighted by Crippen LogP contribution is -2.38. The van der Waals surface area contributed by atoms with E-state index in [1.54, 1.807) is 5.57 Å². The molecule has 1 aliphatic carbocycles. The average Bonchev–Trinajstić information content (AvgIpc) is 2.87. The first-order valence-electron chi connectivity index (χ1n) is 7.75. The van der Waals surface area contributed by atoms with Crippen LogP contribution in [0, 0.1) is 5.92 Å². The van der Waals surface area contributed by atoms with Crippen molar-refractivity contribution in [1.29, 1.82) is 0 Å². The van der Waals surface area contributed by atoms with E-state index >= 15 is 0 Å². The molecule has 1 N–H and O–H groups in total. The molecule has 1 aliphatic rings. The minimum Gasteiger partial charge on any atom is -0.310 e. The quantitative estimate of drug-likeness (QED) is 0.574. The maximum atomic E-state index is 3.80. The van der Waals surface area contributed by atoms with Crippen LogP contribution >= 0.6 is 0 Å². The maximum Gasteiger partial charge on any atom is 0.0307 e. The highest BCUT2D eigenvalue weighted by Gasteiger charge is 2.23. The molecule has 0 saturated heterocycles. The molecule has 1 rings (SSSR count). The van der Waals surface area contributed by atoms with Crippen molar-refractivity contribution in [1.82, 2.24) is 5.32 Å². The summed E-state index contributed by atoms with van der Waals surface area (Å²) in [6.45, 7) is 8.09. The third kappa shape index (κ3) is 4.83. The molecule has 0 radical (unpaired) electrons. The van der Waals surface area contributed by atoms with E-state index < -0.39 is 0 Å². The van der Waals surface area contributed by atoms with Crippen LogP contribution in [-0.4, -0.2) is 12.6 Å². The fourth-order valence-corrected chi connectivity index (χ4v) is 2.95. The number of allylic oxidation sites excluding steroid dienone is 1. The van der Waals surface area contributed by atoms with E-state index in [9.17, 15) is 0 Å². The van der Waals surface area contributed by atoms with Gasteiger partial charge in [0.1, 0.15) is 0 Å². The van der Waals surface area contributed by atoms with Crippen LogP contribution in [0.5, 0.6) is 0 Å². The predicted octanol–water partition coefficient (Wildman–Crippen LogP) is 4.68. The van der Waals surface area contributed by atoms with Crippen LogP contribution < -0.4 is 5.32 Å². The third-order valence-electron chi connectivity index (χ3n) is 4.01. The normalized spacial score (nSPS) is 19.1. The zero-order valence-electron chi connectivity index (χ0n) is 12.1. The smallest absolute Gasteiger partial charge is 0.0307 e. The Morgan fingerprint density at radius 1 is 1.24 bits per heavy atom. The summed E-state index contributed by atoms with van der Waals surface area (Å²) in [5.41, 5.74) is 1.71. The summed E-state index contributed by atoms with van der Waals surface area (Å²) in [6, 6.07) is 0.675. The molecule has 1 nitrogen and oxygen atoms in total. The summed E-state index contributed by atoms with van der Waals surface area (Å²) >= 11 is 0. The van der Waals surface area contributed by atoms with Crippen LogP contribution in [0.15, 0.2) is 11.6 Å². The zero-order valence-corrected chi connectivity index (χ0v) is 12.1. The van der Waals surface area contributed by atoms with Gasteiger partial charge in [0.25, 0.3) is 0 Å². The van der Waals surface area contributed by atoms with Gasteiger partial charge >= 0.3 is 0 Å². The summed E-state index contributed by atoms with van der Waals surface area (Å²) < 4.78 is 0. The van der Waals surface area contributed by atoms with Crippen molar-refractivity contribution in [2.75, 3.05) is 6.54 Å². The lowest BCUT2D eigenvalue weighted by molar-refractivity contribution is 0.346. The second-order valence-electron chi connectivity index (χ2n) is 5.41. The predicted molar refractivity (Wildman–Crippen MR) is 77.3 cm³/mol. The first-order chi connectivity index (χ1) is 8.33. The molecule has 2 unspecified atom stereocenters. The highest BCUT2D eigenvalue weighted by Crippen LogP contribution is 2.29. The van der Waals surface area contributed by atoms with Crippen molar-refractivity contribution in [2.45, 2.75) is 78.2 Å². The molecule has 1 heteroatoms. The number of hydrogen-bond donors (Lipinski definition) is 1. The Kier molecular flexibility index (Phi) is 7.59. The van der Waals surface area contributed by atoms with Crippen LogP contribution in [0.3, 0.4) is 0 Å². The van der Waals surface area contributed by atoms with E-state index in [1.807, 2.05) is 0 Å². The topological polar surface area (TPSA) is 12.0 Å². The molecule has 0 aromatic carbocycles. The van der Waals surface area contributed by atoms with Gasteiger partial charge in [-0.3, -0.25) is 0 Å². The molecule has 0 aliphatic heterocycles. The summed E-state index contributed by atoms with van der Waals surface area (Å²) in [7, 11) is 0. The molecule has 0 aromatic heterocycles. The molecule has 0 fully saturated rings. The van der Waals surface area contributed by atoms with Gasteiger partial charge in [0.15, 0.2) is 0 Å². The molecule has 0 heterocycles. The molecule has 100 valence electrons. The van der Waals surface area contributed by atoms with E-state index in [4.69, 9.17) is 0 Å². The molecule has 0 spiro atoms. The summed E-state index contributed by atoms with van der Waals surface area (Å²) in [5.74, 6) is 0.853. The van der Waals surface area contributed by atoms with Crippen molar-refractivity contribution in [2.24, 2.45) is 5.92 Å². The van der Waals surface area contributed by atoms with E-state index in [1.165, 1.54) is 57.9 Å². The Morgan fingerprint density at radius 2 is 2.06 bits per heavy atom. The first kappa shape index (κ1) is 14.8. The lowest BCUT2D eigenvalue weighted by Gasteiger charge is -2.29. The van der Waals surface area contributed by atoms with Crippen molar-refractivity contribution in [3.8, 4) is 0 Å². The van der Waals surface area contributed by atoms with Gasteiger partial charge in [-0.2, -0.15) is 0 Å². The first-order valence-corrected chi connectivity index (χ1v) is 7.75. The molecule has 0 aromatic rings. The Hall–Kier alpha value is -0.300. The number of unbranched alkanes of at least 4 members (excludes halogenated alkanes) is 1. The van der Waals surface area contributed by atoms with Crippen LogP contribution in [0.4, 0.5) is 0 Å². The fourth-order valence-electron chi connectivity index (χ4n) is 2.95. The van der Waals surface area contributed by atoms with Gasteiger partial charge in [0.05, 0.1) is 0 Å². The standard InChI is InChI=1S/C16H31N/c1-4-7-10-14(6-3)16(17-13-5-2)15-11-8-9-12-15/h11,14,16-17H,4-10,12-13H2,1-3H3. The second kappa shape index (κ2) is 8.74. The van der Waals surface area contributed by atoms with Gasteiger partial charge in [-0.15, -0.1) is 0 Å². The van der Waals surface area contributed by atoms with E-state index in [2.05, 4.69) is 32.2 Å². The number of nitrogens with one attached hydrogen (secondary N) is 1. The minimum absolute atomic E-state index is 0.675. The Labute approximate surface area is 108 Å². The van der Waals surface area contributed by atoms with Crippen molar-refractivity contribution in [3.05, 3.63) is 11.6 Å². The van der Waals surface area contributed by atoms with Gasteiger partial charge in [0.2, 0.25) is 0 Å². The van der Waals surface area contributed by atoms with Gasteiger partial charge in [-0.25, -0.2) is 0 Å². The van der Waals surface area contributed by atoms with Gasteiger partial charge in [-0.05, 0) is 44.6 Å². The molecular formula is C16H31N. The number of hydrogen-bond acceptors (Lipinski definition) is 1. The summed E-state index contributed by atoms with van der Waals surface area (Å²) in [6.07, 6.45) is 13.2. The third-order valence-corrected chi connectivity index (χ3v) is 4.01. The van der Waals surface area contributed by atoms with E-state index in [-0.39, 0.29) is 0 Å². The average molecular weight is 237 g/mol. The van der Waals surface area contributed by atoms with Crippen LogP contribution in [0.2, 0.25) is 0 Å². The monoisotopic (exact) mass is 237 g/mol. The molecular weight excluding hydrogens is 206 g/mol.